The van der Waals surface area contributed by atoms with E-state index in [9.17, 15) is 0 Å². The minimum atomic E-state index is 0.123. The molecule has 13 heavy (non-hydrogen) atoms. The molecule has 1 unspecified atom stereocenters. The summed E-state index contributed by atoms with van der Waals surface area (Å²) >= 11 is 3.63. The summed E-state index contributed by atoms with van der Waals surface area (Å²) in [5.41, 5.74) is 0. The fraction of sp³-hybridized carbons (Fsp3) is 0.667. The third-order valence-corrected chi connectivity index (χ3v) is 5.28. The molecule has 2 nitrogen and oxygen atoms in total. The molecule has 4 heteroatoms. The highest BCUT2D eigenvalue weighted by Gasteiger charge is 2.34. The molecule has 1 aliphatic heterocycles. The Hall–Kier alpha value is -0.0600. The lowest BCUT2D eigenvalue weighted by atomic mass is 10.1. The molecule has 1 aromatic heterocycles. The molecule has 0 spiro atoms. The standard InChI is InChI=1S/C9H13NOS2/c1-9(3-2-4-12-9)8-10-5-7(6-11)13-8/h5,11H,2-4,6H2,1H3. The van der Waals surface area contributed by atoms with Crippen LogP contribution in [0.15, 0.2) is 6.20 Å². The lowest BCUT2D eigenvalue weighted by molar-refractivity contribution is 0.285. The van der Waals surface area contributed by atoms with Crippen molar-refractivity contribution in [3.8, 4) is 0 Å². The maximum atomic E-state index is 8.94. The van der Waals surface area contributed by atoms with Crippen LogP contribution in [0, 0.1) is 0 Å². The van der Waals surface area contributed by atoms with Gasteiger partial charge in [0.1, 0.15) is 5.01 Å². The van der Waals surface area contributed by atoms with Gasteiger partial charge in [-0.05, 0) is 25.5 Å². The molecule has 72 valence electrons. The Morgan fingerprint density at radius 1 is 1.69 bits per heavy atom. The predicted molar refractivity (Wildman–Crippen MR) is 57.1 cm³/mol. The molecule has 1 N–H and O–H groups in total. The van der Waals surface area contributed by atoms with Crippen molar-refractivity contribution in [2.75, 3.05) is 5.75 Å². The number of thiazole rings is 1. The first-order chi connectivity index (χ1) is 6.24. The molecular weight excluding hydrogens is 202 g/mol. The van der Waals surface area contributed by atoms with Gasteiger partial charge in [-0.3, -0.25) is 0 Å². The number of aromatic nitrogens is 1. The number of hydrogen-bond donors (Lipinski definition) is 1. The van der Waals surface area contributed by atoms with Crippen molar-refractivity contribution in [1.29, 1.82) is 0 Å². The van der Waals surface area contributed by atoms with Gasteiger partial charge in [-0.1, -0.05) is 0 Å². The number of aliphatic hydroxyl groups excluding tert-OH is 1. The van der Waals surface area contributed by atoms with Crippen molar-refractivity contribution in [2.24, 2.45) is 0 Å². The predicted octanol–water partition coefficient (Wildman–Crippen LogP) is 2.38. The van der Waals surface area contributed by atoms with Gasteiger partial charge < -0.3 is 5.11 Å². The van der Waals surface area contributed by atoms with Crippen LogP contribution in [-0.4, -0.2) is 15.8 Å². The molecule has 1 aromatic rings. The highest BCUT2D eigenvalue weighted by atomic mass is 32.2. The molecule has 0 aromatic carbocycles. The SMILES string of the molecule is CC1(c2ncc(CO)s2)CCCS1. The summed E-state index contributed by atoms with van der Waals surface area (Å²) in [5, 5.41) is 10.1. The first-order valence-corrected chi connectivity index (χ1v) is 6.25. The van der Waals surface area contributed by atoms with Crippen molar-refractivity contribution in [3.05, 3.63) is 16.1 Å². The van der Waals surface area contributed by atoms with Gasteiger partial charge in [0, 0.05) is 6.20 Å². The van der Waals surface area contributed by atoms with Crippen LogP contribution in [-0.2, 0) is 11.4 Å². The number of thioether (sulfide) groups is 1. The van der Waals surface area contributed by atoms with Crippen LogP contribution < -0.4 is 0 Å². The largest absolute Gasteiger partial charge is 0.391 e. The summed E-state index contributed by atoms with van der Waals surface area (Å²) in [6.45, 7) is 2.38. The lowest BCUT2D eigenvalue weighted by Crippen LogP contribution is -2.11. The van der Waals surface area contributed by atoms with Gasteiger partial charge in [-0.2, -0.15) is 0 Å². The van der Waals surface area contributed by atoms with Crippen molar-refractivity contribution in [3.63, 3.8) is 0 Å². The molecule has 0 amide bonds. The quantitative estimate of drug-likeness (QED) is 0.822. The number of hydrogen-bond acceptors (Lipinski definition) is 4. The Morgan fingerprint density at radius 3 is 3.08 bits per heavy atom. The summed E-state index contributed by atoms with van der Waals surface area (Å²) in [4.78, 5) is 5.35. The van der Waals surface area contributed by atoms with Gasteiger partial charge in [0.05, 0.1) is 16.2 Å². The van der Waals surface area contributed by atoms with E-state index >= 15 is 0 Å². The molecular formula is C9H13NOS2. The zero-order valence-corrected chi connectivity index (χ0v) is 9.25. The monoisotopic (exact) mass is 215 g/mol. The Morgan fingerprint density at radius 2 is 2.54 bits per heavy atom. The van der Waals surface area contributed by atoms with Gasteiger partial charge in [-0.15, -0.1) is 23.1 Å². The zero-order chi connectivity index (χ0) is 9.31. The van der Waals surface area contributed by atoms with E-state index in [-0.39, 0.29) is 11.4 Å². The Balaban J connectivity index is 2.23. The highest BCUT2D eigenvalue weighted by molar-refractivity contribution is 8.00. The van der Waals surface area contributed by atoms with Crippen LogP contribution in [0.25, 0.3) is 0 Å². The van der Waals surface area contributed by atoms with Crippen molar-refractivity contribution in [2.45, 2.75) is 31.1 Å². The summed E-state index contributed by atoms with van der Waals surface area (Å²) in [5.74, 6) is 1.24. The van der Waals surface area contributed by atoms with E-state index in [1.807, 2.05) is 11.8 Å². The van der Waals surface area contributed by atoms with Crippen molar-refractivity contribution in [1.82, 2.24) is 4.98 Å². The Bertz CT molecular complexity index is 292. The summed E-state index contributed by atoms with van der Waals surface area (Å²) in [6, 6.07) is 0. The molecule has 2 heterocycles. The molecule has 1 saturated heterocycles. The summed E-state index contributed by atoms with van der Waals surface area (Å²) in [6.07, 6.45) is 4.30. The molecule has 1 aliphatic rings. The topological polar surface area (TPSA) is 33.1 Å². The Labute approximate surface area is 86.4 Å². The fourth-order valence-corrected chi connectivity index (χ4v) is 3.92. The van der Waals surface area contributed by atoms with Crippen LogP contribution in [0.5, 0.6) is 0 Å². The molecule has 0 saturated carbocycles. The van der Waals surface area contributed by atoms with E-state index in [1.54, 1.807) is 17.5 Å². The summed E-state index contributed by atoms with van der Waals surface area (Å²) < 4.78 is 0.220. The Kier molecular flexibility index (Phi) is 2.62. The zero-order valence-electron chi connectivity index (χ0n) is 7.62. The lowest BCUT2D eigenvalue weighted by Gasteiger charge is -2.18. The van der Waals surface area contributed by atoms with Crippen LogP contribution in [0.1, 0.15) is 29.7 Å². The van der Waals surface area contributed by atoms with E-state index in [0.717, 1.165) is 4.88 Å². The average Bonchev–Trinajstić information content (AvgIpc) is 2.72. The first kappa shape index (κ1) is 9.49. The van der Waals surface area contributed by atoms with Crippen LogP contribution >= 0.6 is 23.1 Å². The van der Waals surface area contributed by atoms with E-state index < -0.39 is 0 Å². The van der Waals surface area contributed by atoms with Gasteiger partial charge >= 0.3 is 0 Å². The number of rotatable bonds is 2. The van der Waals surface area contributed by atoms with E-state index in [4.69, 9.17) is 5.11 Å². The van der Waals surface area contributed by atoms with Crippen molar-refractivity contribution < 1.29 is 5.11 Å². The van der Waals surface area contributed by atoms with Gasteiger partial charge in [0.2, 0.25) is 0 Å². The second kappa shape index (κ2) is 3.59. The second-order valence-electron chi connectivity index (χ2n) is 3.47. The minimum absolute atomic E-state index is 0.123. The summed E-state index contributed by atoms with van der Waals surface area (Å²) in [7, 11) is 0. The normalized spacial score (nSPS) is 28.2. The number of nitrogens with zero attached hydrogens (tertiary/aromatic N) is 1. The molecule has 2 rings (SSSR count). The molecule has 0 radical (unpaired) electrons. The fourth-order valence-electron chi connectivity index (χ4n) is 1.57. The number of aliphatic hydroxyl groups is 1. The first-order valence-electron chi connectivity index (χ1n) is 4.44. The van der Waals surface area contributed by atoms with E-state index in [0.29, 0.717) is 0 Å². The maximum Gasteiger partial charge on any atom is 0.109 e. The molecule has 1 atom stereocenters. The minimum Gasteiger partial charge on any atom is -0.391 e. The van der Waals surface area contributed by atoms with Gasteiger partial charge in [-0.25, -0.2) is 4.98 Å². The van der Waals surface area contributed by atoms with Crippen LogP contribution in [0.4, 0.5) is 0 Å². The van der Waals surface area contributed by atoms with Gasteiger partial charge in [0.25, 0.3) is 0 Å². The molecule has 0 bridgehead atoms. The van der Waals surface area contributed by atoms with Gasteiger partial charge in [0.15, 0.2) is 0 Å². The average molecular weight is 215 g/mol. The van der Waals surface area contributed by atoms with Crippen LogP contribution in [0.3, 0.4) is 0 Å². The maximum absolute atomic E-state index is 8.94. The molecule has 0 aliphatic carbocycles. The van der Waals surface area contributed by atoms with E-state index in [1.165, 1.54) is 23.6 Å². The second-order valence-corrected chi connectivity index (χ2v) is 6.19. The third kappa shape index (κ3) is 1.75. The van der Waals surface area contributed by atoms with Crippen molar-refractivity contribution >= 4 is 23.1 Å². The van der Waals surface area contributed by atoms with E-state index in [2.05, 4.69) is 11.9 Å². The third-order valence-electron chi connectivity index (χ3n) is 2.38. The molecule has 1 fully saturated rings. The highest BCUT2D eigenvalue weighted by Crippen LogP contribution is 2.47. The van der Waals surface area contributed by atoms with Crippen LogP contribution in [0.2, 0.25) is 0 Å². The smallest absolute Gasteiger partial charge is 0.109 e.